The number of aromatic nitrogens is 2. The number of nitrogens with zero attached hydrogens (tertiary/aromatic N) is 3. The zero-order valence-electron chi connectivity index (χ0n) is 16.1. The Balaban J connectivity index is 2.04. The number of fused-ring (bicyclic) bond motifs is 1. The summed E-state index contributed by atoms with van der Waals surface area (Å²) in [5, 5.41) is 5.16. The fourth-order valence-electron chi connectivity index (χ4n) is 3.23. The van der Waals surface area contributed by atoms with Crippen molar-refractivity contribution in [2.24, 2.45) is 5.41 Å². The summed E-state index contributed by atoms with van der Waals surface area (Å²) in [5.74, 6) is -0.409. The number of amides is 1. The third-order valence-electron chi connectivity index (χ3n) is 4.53. The number of carbonyl (C=O) groups excluding carboxylic acids is 2. The molecule has 2 aromatic rings. The molecule has 1 aliphatic heterocycles. The molecule has 0 radical (unpaired) electrons. The minimum absolute atomic E-state index is 0.0576. The SMILES string of the molecule is CCOC(=O)c1nn(-c2ccc(Cl)cc2)c2c1CN(C(=O)C(C)(C)C)CC2. The molecule has 3 rings (SSSR count). The predicted molar refractivity (Wildman–Crippen MR) is 103 cm³/mol. The lowest BCUT2D eigenvalue weighted by Crippen LogP contribution is -2.42. The Hall–Kier alpha value is -2.34. The highest BCUT2D eigenvalue weighted by molar-refractivity contribution is 6.30. The summed E-state index contributed by atoms with van der Waals surface area (Å²) < 4.78 is 6.95. The molecule has 0 saturated heterocycles. The van der Waals surface area contributed by atoms with E-state index in [4.69, 9.17) is 16.3 Å². The van der Waals surface area contributed by atoms with Gasteiger partial charge < -0.3 is 9.64 Å². The monoisotopic (exact) mass is 389 g/mol. The maximum absolute atomic E-state index is 12.7. The molecular formula is C20H24ClN3O3. The van der Waals surface area contributed by atoms with Gasteiger partial charge in [-0.3, -0.25) is 4.79 Å². The highest BCUT2D eigenvalue weighted by atomic mass is 35.5. The molecule has 0 saturated carbocycles. The average molecular weight is 390 g/mol. The van der Waals surface area contributed by atoms with Crippen molar-refractivity contribution in [2.45, 2.75) is 40.7 Å². The fourth-order valence-corrected chi connectivity index (χ4v) is 3.35. The first-order valence-electron chi connectivity index (χ1n) is 9.05. The van der Waals surface area contributed by atoms with Gasteiger partial charge in [-0.05, 0) is 31.2 Å². The van der Waals surface area contributed by atoms with Crippen LogP contribution in [0, 0.1) is 5.41 Å². The highest BCUT2D eigenvalue weighted by Crippen LogP contribution is 2.29. The van der Waals surface area contributed by atoms with Crippen LogP contribution in [0.5, 0.6) is 0 Å². The summed E-state index contributed by atoms with van der Waals surface area (Å²) in [5.41, 5.74) is 2.30. The van der Waals surface area contributed by atoms with Gasteiger partial charge in [0.15, 0.2) is 5.69 Å². The number of halogens is 1. The van der Waals surface area contributed by atoms with Crippen LogP contribution in [-0.4, -0.2) is 39.7 Å². The molecule has 1 amide bonds. The first-order chi connectivity index (χ1) is 12.7. The van der Waals surface area contributed by atoms with Crippen molar-refractivity contribution in [3.05, 3.63) is 46.2 Å². The molecular weight excluding hydrogens is 366 g/mol. The van der Waals surface area contributed by atoms with Crippen LogP contribution in [0.2, 0.25) is 5.02 Å². The van der Waals surface area contributed by atoms with Gasteiger partial charge in [0.2, 0.25) is 5.91 Å². The Kier molecular flexibility index (Phi) is 5.29. The van der Waals surface area contributed by atoms with Crippen LogP contribution in [0.1, 0.15) is 49.4 Å². The first-order valence-corrected chi connectivity index (χ1v) is 9.43. The van der Waals surface area contributed by atoms with Crippen molar-refractivity contribution in [3.8, 4) is 5.69 Å². The van der Waals surface area contributed by atoms with E-state index in [0.717, 1.165) is 16.9 Å². The fraction of sp³-hybridized carbons (Fsp3) is 0.450. The maximum atomic E-state index is 12.7. The lowest BCUT2D eigenvalue weighted by molar-refractivity contribution is -0.140. The quantitative estimate of drug-likeness (QED) is 0.752. The number of esters is 1. The van der Waals surface area contributed by atoms with Crippen molar-refractivity contribution in [1.29, 1.82) is 0 Å². The molecule has 0 bridgehead atoms. The molecule has 1 aromatic carbocycles. The van der Waals surface area contributed by atoms with E-state index < -0.39 is 11.4 Å². The molecule has 1 aromatic heterocycles. The van der Waals surface area contributed by atoms with Gasteiger partial charge in [0.05, 0.1) is 18.0 Å². The summed E-state index contributed by atoms with van der Waals surface area (Å²) in [4.78, 5) is 27.0. The zero-order valence-corrected chi connectivity index (χ0v) is 16.8. The molecule has 27 heavy (non-hydrogen) atoms. The van der Waals surface area contributed by atoms with Crippen LogP contribution in [0.25, 0.3) is 5.69 Å². The van der Waals surface area contributed by atoms with Crippen LogP contribution >= 0.6 is 11.6 Å². The van der Waals surface area contributed by atoms with E-state index in [-0.39, 0.29) is 18.2 Å². The minimum atomic E-state index is -0.478. The number of ether oxygens (including phenoxy) is 1. The molecule has 1 aliphatic rings. The van der Waals surface area contributed by atoms with Crippen LogP contribution < -0.4 is 0 Å². The van der Waals surface area contributed by atoms with Crippen LogP contribution in [0.3, 0.4) is 0 Å². The summed E-state index contributed by atoms with van der Waals surface area (Å²) in [6, 6.07) is 7.29. The van der Waals surface area contributed by atoms with E-state index >= 15 is 0 Å². The van der Waals surface area contributed by atoms with Gasteiger partial charge in [0, 0.05) is 35.5 Å². The van der Waals surface area contributed by atoms with Crippen LogP contribution in [0.4, 0.5) is 0 Å². The van der Waals surface area contributed by atoms with Crippen LogP contribution in [-0.2, 0) is 22.5 Å². The Morgan fingerprint density at radius 1 is 1.22 bits per heavy atom. The van der Waals surface area contributed by atoms with Gasteiger partial charge in [0.1, 0.15) is 0 Å². The van der Waals surface area contributed by atoms with Gasteiger partial charge in [-0.15, -0.1) is 0 Å². The van der Waals surface area contributed by atoms with Crippen molar-refractivity contribution < 1.29 is 14.3 Å². The Labute approximate surface area is 164 Å². The zero-order chi connectivity index (χ0) is 19.8. The molecule has 144 valence electrons. The lowest BCUT2D eigenvalue weighted by Gasteiger charge is -2.32. The summed E-state index contributed by atoms with van der Waals surface area (Å²) in [6.07, 6.45) is 0.617. The van der Waals surface area contributed by atoms with Crippen molar-refractivity contribution in [2.75, 3.05) is 13.2 Å². The first kappa shape index (κ1) is 19.4. The molecule has 0 unspecified atom stereocenters. The normalized spacial score (nSPS) is 14.0. The van der Waals surface area contributed by atoms with E-state index in [2.05, 4.69) is 5.10 Å². The van der Waals surface area contributed by atoms with Gasteiger partial charge >= 0.3 is 5.97 Å². The second-order valence-corrected chi connectivity index (χ2v) is 8.05. The largest absolute Gasteiger partial charge is 0.461 e. The van der Waals surface area contributed by atoms with Crippen molar-refractivity contribution >= 4 is 23.5 Å². The summed E-state index contributed by atoms with van der Waals surface area (Å²) in [7, 11) is 0. The predicted octanol–water partition coefficient (Wildman–Crippen LogP) is 3.63. The number of carbonyl (C=O) groups is 2. The molecule has 0 aliphatic carbocycles. The molecule has 0 atom stereocenters. The Morgan fingerprint density at radius 2 is 1.89 bits per heavy atom. The standard InChI is InChI=1S/C20H24ClN3O3/c1-5-27-18(25)17-15-12-23(19(26)20(2,3)4)11-10-16(15)24(22-17)14-8-6-13(21)7-9-14/h6-9H,5,10-12H2,1-4H3. The number of hydrogen-bond acceptors (Lipinski definition) is 4. The van der Waals surface area contributed by atoms with Gasteiger partial charge in [-0.25, -0.2) is 9.48 Å². The molecule has 0 spiro atoms. The van der Waals surface area contributed by atoms with E-state index in [1.165, 1.54) is 0 Å². The molecule has 6 nitrogen and oxygen atoms in total. The summed E-state index contributed by atoms with van der Waals surface area (Å²) in [6.45, 7) is 8.66. The van der Waals surface area contributed by atoms with E-state index in [1.807, 2.05) is 32.9 Å². The maximum Gasteiger partial charge on any atom is 0.359 e. The molecule has 2 heterocycles. The van der Waals surface area contributed by atoms with Gasteiger partial charge in [0.25, 0.3) is 0 Å². The van der Waals surface area contributed by atoms with E-state index in [1.54, 1.807) is 28.6 Å². The van der Waals surface area contributed by atoms with Crippen molar-refractivity contribution in [1.82, 2.24) is 14.7 Å². The number of hydrogen-bond donors (Lipinski definition) is 0. The highest BCUT2D eigenvalue weighted by Gasteiger charge is 2.34. The number of benzene rings is 1. The van der Waals surface area contributed by atoms with Crippen LogP contribution in [0.15, 0.2) is 24.3 Å². The smallest absolute Gasteiger partial charge is 0.359 e. The third-order valence-corrected chi connectivity index (χ3v) is 4.78. The summed E-state index contributed by atoms with van der Waals surface area (Å²) >= 11 is 5.99. The molecule has 7 heteroatoms. The second kappa shape index (κ2) is 7.35. The molecule has 0 fully saturated rings. The average Bonchev–Trinajstić information content (AvgIpc) is 3.00. The number of rotatable bonds is 3. The Bertz CT molecular complexity index is 866. The van der Waals surface area contributed by atoms with Gasteiger partial charge in [-0.1, -0.05) is 32.4 Å². The van der Waals surface area contributed by atoms with Crippen molar-refractivity contribution in [3.63, 3.8) is 0 Å². The minimum Gasteiger partial charge on any atom is -0.461 e. The molecule has 0 N–H and O–H groups in total. The van der Waals surface area contributed by atoms with Gasteiger partial charge in [-0.2, -0.15) is 5.10 Å². The topological polar surface area (TPSA) is 64.4 Å². The second-order valence-electron chi connectivity index (χ2n) is 7.61. The lowest BCUT2D eigenvalue weighted by atomic mass is 9.93. The third kappa shape index (κ3) is 3.86. The van der Waals surface area contributed by atoms with E-state index in [0.29, 0.717) is 24.5 Å². The Morgan fingerprint density at radius 3 is 2.48 bits per heavy atom. The van der Waals surface area contributed by atoms with E-state index in [9.17, 15) is 9.59 Å².